The number of epoxide rings is 1. The minimum Gasteiger partial charge on any atom is -0.367 e. The van der Waals surface area contributed by atoms with Crippen molar-refractivity contribution in [2.45, 2.75) is 131 Å². The van der Waals surface area contributed by atoms with Crippen molar-refractivity contribution in [2.75, 3.05) is 0 Å². The first-order chi connectivity index (χ1) is 14.6. The zero-order valence-corrected chi connectivity index (χ0v) is 21.9. The van der Waals surface area contributed by atoms with Crippen molar-refractivity contribution in [3.8, 4) is 0 Å². The van der Waals surface area contributed by atoms with E-state index in [0.717, 1.165) is 12.8 Å². The average Bonchev–Trinajstić information content (AvgIpc) is 3.30. The van der Waals surface area contributed by atoms with E-state index in [1.165, 1.54) is 79.2 Å². The number of hydrogen-bond acceptors (Lipinski definition) is 1. The van der Waals surface area contributed by atoms with Crippen LogP contribution in [0, 0.1) is 0 Å². The van der Waals surface area contributed by atoms with E-state index in [1.54, 1.807) is 0 Å². The second-order valence-electron chi connectivity index (χ2n) is 10.4. The van der Waals surface area contributed by atoms with Gasteiger partial charge in [0.15, 0.2) is 0 Å². The Kier molecular flexibility index (Phi) is 13.1. The summed E-state index contributed by atoms with van der Waals surface area (Å²) in [5, 5.41) is 0. The molecule has 1 heterocycles. The van der Waals surface area contributed by atoms with Gasteiger partial charge in [-0.25, -0.2) is 0 Å². The molecule has 1 aliphatic rings. The molecule has 0 bridgehead atoms. The highest BCUT2D eigenvalue weighted by molar-refractivity contribution is 5.08. The molecule has 1 saturated heterocycles. The van der Waals surface area contributed by atoms with Crippen LogP contribution in [0.2, 0.25) is 0 Å². The van der Waals surface area contributed by atoms with E-state index in [9.17, 15) is 0 Å². The summed E-state index contributed by atoms with van der Waals surface area (Å²) in [5.41, 5.74) is 7.65. The number of rotatable bonds is 15. The minimum atomic E-state index is 0.132. The number of ether oxygens (including phenoxy) is 1. The molecule has 176 valence electrons. The van der Waals surface area contributed by atoms with Crippen LogP contribution in [-0.2, 0) is 4.74 Å². The molecule has 0 aromatic carbocycles. The van der Waals surface area contributed by atoms with Crippen molar-refractivity contribution in [3.63, 3.8) is 0 Å². The fourth-order valence-electron chi connectivity index (χ4n) is 3.85. The third kappa shape index (κ3) is 14.4. The van der Waals surface area contributed by atoms with E-state index in [4.69, 9.17) is 4.74 Å². The van der Waals surface area contributed by atoms with Gasteiger partial charge in [-0.05, 0) is 120 Å². The first-order valence-corrected chi connectivity index (χ1v) is 12.5. The summed E-state index contributed by atoms with van der Waals surface area (Å²) in [6, 6.07) is 0. The fraction of sp³-hybridized carbons (Fsp3) is 0.667. The van der Waals surface area contributed by atoms with Gasteiger partial charge in [0.2, 0.25) is 0 Å². The number of hydrogen-bond donors (Lipinski definition) is 0. The van der Waals surface area contributed by atoms with Crippen LogP contribution < -0.4 is 0 Å². The summed E-state index contributed by atoms with van der Waals surface area (Å²) >= 11 is 0. The van der Waals surface area contributed by atoms with Gasteiger partial charge >= 0.3 is 0 Å². The van der Waals surface area contributed by atoms with Crippen LogP contribution in [0.25, 0.3) is 0 Å². The van der Waals surface area contributed by atoms with E-state index < -0.39 is 0 Å². The molecule has 1 atom stereocenters. The van der Waals surface area contributed by atoms with Crippen molar-refractivity contribution in [3.05, 3.63) is 58.2 Å². The Morgan fingerprint density at radius 1 is 0.581 bits per heavy atom. The lowest BCUT2D eigenvalue weighted by Crippen LogP contribution is -2.02. The topological polar surface area (TPSA) is 12.5 Å². The van der Waals surface area contributed by atoms with Crippen LogP contribution in [0.15, 0.2) is 58.2 Å². The zero-order valence-electron chi connectivity index (χ0n) is 21.9. The highest BCUT2D eigenvalue weighted by Gasteiger charge is 2.46. The summed E-state index contributed by atoms with van der Waals surface area (Å²) in [7, 11) is 0. The molecule has 1 fully saturated rings. The number of allylic oxidation sites excluding steroid dienone is 10. The Bertz CT molecular complexity index is 677. The van der Waals surface area contributed by atoms with E-state index in [-0.39, 0.29) is 5.60 Å². The third-order valence-corrected chi connectivity index (χ3v) is 6.27. The minimum absolute atomic E-state index is 0.132. The zero-order chi connectivity index (χ0) is 23.3. The molecular weight excluding hydrogens is 376 g/mol. The van der Waals surface area contributed by atoms with Gasteiger partial charge in [-0.1, -0.05) is 58.2 Å². The molecule has 1 rings (SSSR count). The largest absolute Gasteiger partial charge is 0.367 e. The lowest BCUT2D eigenvalue weighted by Gasteiger charge is -2.03. The average molecular weight is 427 g/mol. The van der Waals surface area contributed by atoms with Gasteiger partial charge in [0.05, 0.1) is 11.7 Å². The highest BCUT2D eigenvalue weighted by atomic mass is 16.6. The summed E-state index contributed by atoms with van der Waals surface area (Å²) < 4.78 is 5.68. The standard InChI is InChI=1S/C30H50O/c1-24(2)14-11-17-27(5)20-12-18-25(3)15-9-10-16-26(4)19-13-21-28(6)22-23-29-30(7,8)31-29/h14-16,20-21,29H,9-13,17-19,22-23H2,1-8H3/b25-15+,26-16?,27-20+,28-21?/t29-/m0/s1. The third-order valence-electron chi connectivity index (χ3n) is 6.27. The Morgan fingerprint density at radius 2 is 0.935 bits per heavy atom. The molecule has 0 spiro atoms. The Hall–Kier alpha value is -1.34. The maximum atomic E-state index is 5.68. The Morgan fingerprint density at radius 3 is 1.32 bits per heavy atom. The molecule has 0 amide bonds. The van der Waals surface area contributed by atoms with Gasteiger partial charge in [-0.15, -0.1) is 0 Å². The monoisotopic (exact) mass is 426 g/mol. The van der Waals surface area contributed by atoms with Gasteiger partial charge in [-0.3, -0.25) is 0 Å². The predicted molar refractivity (Wildman–Crippen MR) is 140 cm³/mol. The molecule has 1 nitrogen and oxygen atoms in total. The number of unbranched alkanes of at least 4 members (excludes halogenated alkanes) is 1. The van der Waals surface area contributed by atoms with Crippen LogP contribution in [-0.4, -0.2) is 11.7 Å². The van der Waals surface area contributed by atoms with Gasteiger partial charge < -0.3 is 4.74 Å². The predicted octanol–water partition coefficient (Wildman–Crippen LogP) is 9.82. The SMILES string of the molecule is CC(C)=CCC/C(C)=C/CC/C(C)=C/CCC=C(C)CCC=C(C)CC[C@@H]1OC1(C)C. The van der Waals surface area contributed by atoms with E-state index in [1.807, 2.05) is 0 Å². The van der Waals surface area contributed by atoms with Gasteiger partial charge in [-0.2, -0.15) is 0 Å². The molecule has 0 aromatic heterocycles. The first kappa shape index (κ1) is 27.7. The molecule has 1 aliphatic heterocycles. The summed E-state index contributed by atoms with van der Waals surface area (Å²) in [6.07, 6.45) is 24.3. The van der Waals surface area contributed by atoms with Crippen molar-refractivity contribution in [1.82, 2.24) is 0 Å². The molecule has 0 N–H and O–H groups in total. The second kappa shape index (κ2) is 14.7. The van der Waals surface area contributed by atoms with Crippen molar-refractivity contribution in [2.24, 2.45) is 0 Å². The van der Waals surface area contributed by atoms with Crippen LogP contribution in [0.3, 0.4) is 0 Å². The smallest absolute Gasteiger partial charge is 0.0892 e. The van der Waals surface area contributed by atoms with Gasteiger partial charge in [0, 0.05) is 0 Å². The maximum Gasteiger partial charge on any atom is 0.0892 e. The van der Waals surface area contributed by atoms with Crippen LogP contribution in [0.1, 0.15) is 120 Å². The lowest BCUT2D eigenvalue weighted by atomic mass is 10.0. The molecule has 0 saturated carbocycles. The summed E-state index contributed by atoms with van der Waals surface area (Å²) in [4.78, 5) is 0. The second-order valence-corrected chi connectivity index (χ2v) is 10.4. The van der Waals surface area contributed by atoms with Gasteiger partial charge in [0.1, 0.15) is 0 Å². The molecule has 0 aromatic rings. The molecule has 0 unspecified atom stereocenters. The fourth-order valence-corrected chi connectivity index (χ4v) is 3.85. The first-order valence-electron chi connectivity index (χ1n) is 12.5. The van der Waals surface area contributed by atoms with Gasteiger partial charge in [0.25, 0.3) is 0 Å². The summed E-state index contributed by atoms with van der Waals surface area (Å²) in [6.45, 7) is 17.8. The molecule has 1 heteroatoms. The van der Waals surface area contributed by atoms with Crippen LogP contribution in [0.5, 0.6) is 0 Å². The Balaban J connectivity index is 2.15. The Labute approximate surface area is 194 Å². The highest BCUT2D eigenvalue weighted by Crippen LogP contribution is 2.38. The van der Waals surface area contributed by atoms with Crippen molar-refractivity contribution < 1.29 is 4.74 Å². The van der Waals surface area contributed by atoms with Crippen molar-refractivity contribution >= 4 is 0 Å². The van der Waals surface area contributed by atoms with Crippen LogP contribution >= 0.6 is 0 Å². The van der Waals surface area contributed by atoms with E-state index >= 15 is 0 Å². The lowest BCUT2D eigenvalue weighted by molar-refractivity contribution is 0.320. The normalized spacial score (nSPS) is 19.5. The molecule has 31 heavy (non-hydrogen) atoms. The van der Waals surface area contributed by atoms with Crippen molar-refractivity contribution in [1.29, 1.82) is 0 Å². The molecule has 0 radical (unpaired) electrons. The molecule has 0 aliphatic carbocycles. The quantitative estimate of drug-likeness (QED) is 0.144. The van der Waals surface area contributed by atoms with E-state index in [2.05, 4.69) is 85.8 Å². The van der Waals surface area contributed by atoms with E-state index in [0.29, 0.717) is 6.10 Å². The van der Waals surface area contributed by atoms with Crippen LogP contribution in [0.4, 0.5) is 0 Å². The molecular formula is C30H50O. The summed E-state index contributed by atoms with van der Waals surface area (Å²) in [5.74, 6) is 0. The maximum absolute atomic E-state index is 5.68.